The van der Waals surface area contributed by atoms with Crippen LogP contribution in [0.3, 0.4) is 0 Å². The van der Waals surface area contributed by atoms with Crippen molar-refractivity contribution in [3.05, 3.63) is 48.6 Å². The average molecular weight is 288 g/mol. The number of nitrogens with zero attached hydrogens (tertiary/aromatic N) is 1. The molecular formula is C17H24N2O2. The second kappa shape index (κ2) is 6.76. The topological polar surface area (TPSA) is 41.6 Å². The Morgan fingerprint density at radius 1 is 1.48 bits per heavy atom. The first-order chi connectivity index (χ1) is 10.0. The number of amides is 1. The molecule has 1 heterocycles. The molecule has 0 saturated carbocycles. The molecule has 21 heavy (non-hydrogen) atoms. The molecule has 0 bridgehead atoms. The Balaban J connectivity index is 2.01. The van der Waals surface area contributed by atoms with Gasteiger partial charge in [0.2, 0.25) is 0 Å². The number of ether oxygens (including phenoxy) is 1. The van der Waals surface area contributed by atoms with E-state index in [4.69, 9.17) is 4.74 Å². The van der Waals surface area contributed by atoms with Crippen LogP contribution in [0.4, 0.5) is 4.79 Å². The van der Waals surface area contributed by atoms with Crippen molar-refractivity contribution in [1.29, 1.82) is 0 Å². The van der Waals surface area contributed by atoms with Crippen molar-refractivity contribution in [2.75, 3.05) is 19.7 Å². The average Bonchev–Trinajstić information content (AvgIpc) is 2.47. The van der Waals surface area contributed by atoms with Gasteiger partial charge in [0.15, 0.2) is 0 Å². The lowest BCUT2D eigenvalue weighted by molar-refractivity contribution is 0.0433. The monoisotopic (exact) mass is 288 g/mol. The smallest absolute Gasteiger partial charge is 0.410 e. The predicted octanol–water partition coefficient (Wildman–Crippen LogP) is 2.60. The predicted molar refractivity (Wildman–Crippen MR) is 84.3 cm³/mol. The molecule has 1 aromatic rings. The van der Waals surface area contributed by atoms with Gasteiger partial charge in [-0.1, -0.05) is 43.0 Å². The number of nitrogens with one attached hydrogen (secondary N) is 1. The van der Waals surface area contributed by atoms with Crippen LogP contribution in [0.5, 0.6) is 0 Å². The highest BCUT2D eigenvalue weighted by molar-refractivity contribution is 5.69. The summed E-state index contributed by atoms with van der Waals surface area (Å²) in [6.45, 7) is 9.34. The summed E-state index contributed by atoms with van der Waals surface area (Å²) in [6, 6.07) is 10.6. The molecule has 0 radical (unpaired) electrons. The SMILES string of the molecule is C=CCOC(=O)N1CC(Cc2ccccc2)NCC1(C)C. The molecule has 1 aromatic carbocycles. The molecule has 0 aliphatic carbocycles. The van der Waals surface area contributed by atoms with Crippen LogP contribution in [0.25, 0.3) is 0 Å². The standard InChI is InChI=1S/C17H24N2O2/c1-4-10-21-16(20)19-12-15(18-13-17(19,2)3)11-14-8-6-5-7-9-14/h4-9,15,18H,1,10-13H2,2-3H3. The molecule has 1 N–H and O–H groups in total. The Morgan fingerprint density at radius 2 is 2.19 bits per heavy atom. The second-order valence-corrected chi connectivity index (χ2v) is 6.06. The quantitative estimate of drug-likeness (QED) is 0.866. The molecule has 4 heteroatoms. The van der Waals surface area contributed by atoms with E-state index in [1.165, 1.54) is 5.56 Å². The van der Waals surface area contributed by atoms with Crippen LogP contribution in [0.2, 0.25) is 0 Å². The fourth-order valence-electron chi connectivity index (χ4n) is 2.59. The first kappa shape index (κ1) is 15.6. The molecule has 1 fully saturated rings. The highest BCUT2D eigenvalue weighted by Gasteiger charge is 2.37. The van der Waals surface area contributed by atoms with Gasteiger partial charge < -0.3 is 15.0 Å². The van der Waals surface area contributed by atoms with Crippen LogP contribution in [0, 0.1) is 0 Å². The molecule has 4 nitrogen and oxygen atoms in total. The van der Waals surface area contributed by atoms with E-state index in [9.17, 15) is 4.79 Å². The van der Waals surface area contributed by atoms with Gasteiger partial charge >= 0.3 is 6.09 Å². The summed E-state index contributed by atoms with van der Waals surface area (Å²) in [4.78, 5) is 14.0. The zero-order chi connectivity index (χ0) is 15.3. The Kier molecular flexibility index (Phi) is 5.02. The molecule has 1 aliphatic heterocycles. The van der Waals surface area contributed by atoms with Gasteiger partial charge in [0.1, 0.15) is 6.61 Å². The molecule has 1 saturated heterocycles. The van der Waals surface area contributed by atoms with Gasteiger partial charge in [0, 0.05) is 19.1 Å². The number of hydrogen-bond acceptors (Lipinski definition) is 3. The fourth-order valence-corrected chi connectivity index (χ4v) is 2.59. The van der Waals surface area contributed by atoms with Crippen molar-refractivity contribution in [3.8, 4) is 0 Å². The Labute approximate surface area is 126 Å². The molecule has 1 amide bonds. The van der Waals surface area contributed by atoms with E-state index in [1.54, 1.807) is 6.08 Å². The van der Waals surface area contributed by atoms with Crippen LogP contribution >= 0.6 is 0 Å². The molecule has 1 aliphatic rings. The van der Waals surface area contributed by atoms with E-state index >= 15 is 0 Å². The van der Waals surface area contributed by atoms with Crippen molar-refractivity contribution >= 4 is 6.09 Å². The van der Waals surface area contributed by atoms with E-state index in [0.717, 1.165) is 13.0 Å². The van der Waals surface area contributed by atoms with Crippen LogP contribution in [-0.2, 0) is 11.2 Å². The van der Waals surface area contributed by atoms with Gasteiger partial charge in [-0.2, -0.15) is 0 Å². The third-order valence-corrected chi connectivity index (χ3v) is 3.83. The molecule has 1 unspecified atom stereocenters. The first-order valence-electron chi connectivity index (χ1n) is 7.35. The van der Waals surface area contributed by atoms with Gasteiger partial charge in [-0.05, 0) is 25.8 Å². The van der Waals surface area contributed by atoms with E-state index in [0.29, 0.717) is 6.54 Å². The molecule has 1 atom stereocenters. The van der Waals surface area contributed by atoms with Gasteiger partial charge in [-0.25, -0.2) is 4.79 Å². The van der Waals surface area contributed by atoms with Gasteiger partial charge in [-0.3, -0.25) is 0 Å². The van der Waals surface area contributed by atoms with E-state index in [-0.39, 0.29) is 24.3 Å². The van der Waals surface area contributed by atoms with Crippen LogP contribution in [-0.4, -0.2) is 42.3 Å². The third kappa shape index (κ3) is 4.08. The van der Waals surface area contributed by atoms with E-state index in [2.05, 4.69) is 24.0 Å². The first-order valence-corrected chi connectivity index (χ1v) is 7.35. The minimum Gasteiger partial charge on any atom is -0.445 e. The lowest BCUT2D eigenvalue weighted by atomic mass is 9.95. The minimum absolute atomic E-state index is 0.245. The third-order valence-electron chi connectivity index (χ3n) is 3.83. The minimum atomic E-state index is -0.264. The summed E-state index contributed by atoms with van der Waals surface area (Å²) in [5.74, 6) is 0. The summed E-state index contributed by atoms with van der Waals surface area (Å²) in [5.41, 5.74) is 1.03. The second-order valence-electron chi connectivity index (χ2n) is 6.06. The molecular weight excluding hydrogens is 264 g/mol. The lowest BCUT2D eigenvalue weighted by Crippen LogP contribution is -2.64. The van der Waals surface area contributed by atoms with Crippen molar-refractivity contribution in [2.24, 2.45) is 0 Å². The largest absolute Gasteiger partial charge is 0.445 e. The van der Waals surface area contributed by atoms with Gasteiger partial charge in [0.25, 0.3) is 0 Å². The van der Waals surface area contributed by atoms with Crippen molar-refractivity contribution < 1.29 is 9.53 Å². The van der Waals surface area contributed by atoms with E-state index in [1.807, 2.05) is 36.9 Å². The molecule has 0 spiro atoms. The molecule has 0 aromatic heterocycles. The molecule has 114 valence electrons. The van der Waals surface area contributed by atoms with Crippen LogP contribution in [0.1, 0.15) is 19.4 Å². The van der Waals surface area contributed by atoms with Gasteiger partial charge in [-0.15, -0.1) is 0 Å². The Morgan fingerprint density at radius 3 is 2.86 bits per heavy atom. The van der Waals surface area contributed by atoms with E-state index < -0.39 is 0 Å². The van der Waals surface area contributed by atoms with Gasteiger partial charge in [0.05, 0.1) is 5.54 Å². The van der Waals surface area contributed by atoms with Crippen molar-refractivity contribution in [3.63, 3.8) is 0 Å². The maximum atomic E-state index is 12.2. The zero-order valence-electron chi connectivity index (χ0n) is 12.8. The summed E-state index contributed by atoms with van der Waals surface area (Å²) in [5, 5.41) is 3.53. The fraction of sp³-hybridized carbons (Fsp3) is 0.471. The van der Waals surface area contributed by atoms with Crippen LogP contribution < -0.4 is 5.32 Å². The summed E-state index contributed by atoms with van der Waals surface area (Å²) in [6.07, 6.45) is 2.23. The maximum Gasteiger partial charge on any atom is 0.410 e. The maximum absolute atomic E-state index is 12.2. The number of carbonyl (C=O) groups excluding carboxylic acids is 1. The molecule has 2 rings (SSSR count). The summed E-state index contributed by atoms with van der Waals surface area (Å²) >= 11 is 0. The number of rotatable bonds is 4. The number of hydrogen-bond donors (Lipinski definition) is 1. The summed E-state index contributed by atoms with van der Waals surface area (Å²) < 4.78 is 5.21. The Bertz CT molecular complexity index is 485. The summed E-state index contributed by atoms with van der Waals surface area (Å²) in [7, 11) is 0. The number of carbonyl (C=O) groups is 1. The van der Waals surface area contributed by atoms with Crippen molar-refractivity contribution in [1.82, 2.24) is 10.2 Å². The lowest BCUT2D eigenvalue weighted by Gasteiger charge is -2.45. The van der Waals surface area contributed by atoms with Crippen molar-refractivity contribution in [2.45, 2.75) is 31.8 Å². The zero-order valence-corrected chi connectivity index (χ0v) is 12.8. The highest BCUT2D eigenvalue weighted by atomic mass is 16.6. The van der Waals surface area contributed by atoms with Crippen LogP contribution in [0.15, 0.2) is 43.0 Å². The normalized spacial score (nSPS) is 20.9. The highest BCUT2D eigenvalue weighted by Crippen LogP contribution is 2.21. The number of piperazine rings is 1. The Hall–Kier alpha value is -1.81. The number of benzene rings is 1.